The van der Waals surface area contributed by atoms with E-state index >= 15 is 0 Å². The monoisotopic (exact) mass is 271 g/mol. The molecule has 0 saturated carbocycles. The van der Waals surface area contributed by atoms with Crippen molar-refractivity contribution >= 4 is 17.4 Å². The molecule has 4 heteroatoms. The molecular weight excluding hydrogens is 262 g/mol. The van der Waals surface area contributed by atoms with Crippen LogP contribution in [0.15, 0.2) is 42.6 Å². The van der Waals surface area contributed by atoms with Gasteiger partial charge in [0.25, 0.3) is 0 Å². The van der Waals surface area contributed by atoms with E-state index in [9.17, 15) is 4.79 Å². The van der Waals surface area contributed by atoms with Crippen LogP contribution in [0.25, 0.3) is 0 Å². The van der Waals surface area contributed by atoms with E-state index in [1.54, 1.807) is 30.3 Å². The number of Topliss-reactive ketones (excluding diaryl/α,β-unsaturated/α-hetero) is 1. The van der Waals surface area contributed by atoms with Crippen molar-refractivity contribution in [2.75, 3.05) is 7.11 Å². The van der Waals surface area contributed by atoms with Crippen molar-refractivity contribution in [2.45, 2.75) is 0 Å². The molecular formula is C15H10ClNO2. The lowest BCUT2D eigenvalue weighted by molar-refractivity contribution is 0.105. The van der Waals surface area contributed by atoms with Crippen molar-refractivity contribution in [1.82, 2.24) is 4.98 Å². The minimum Gasteiger partial charge on any atom is -0.492 e. The summed E-state index contributed by atoms with van der Waals surface area (Å²) in [5, 5.41) is 0.224. The highest BCUT2D eigenvalue weighted by molar-refractivity contribution is 6.31. The summed E-state index contributed by atoms with van der Waals surface area (Å²) in [5.74, 6) is 5.43. The lowest BCUT2D eigenvalue weighted by Gasteiger charge is -2.03. The highest BCUT2D eigenvalue weighted by Gasteiger charge is 2.06. The van der Waals surface area contributed by atoms with Gasteiger partial charge in [0.2, 0.25) is 5.78 Å². The van der Waals surface area contributed by atoms with Gasteiger partial charge in [0.15, 0.2) is 10.9 Å². The molecule has 2 aromatic rings. The fraction of sp³-hybridized carbons (Fsp3) is 0.0667. The number of hydrogen-bond acceptors (Lipinski definition) is 3. The quantitative estimate of drug-likeness (QED) is 0.479. The van der Waals surface area contributed by atoms with Crippen LogP contribution in [0.1, 0.15) is 15.9 Å². The summed E-state index contributed by atoms with van der Waals surface area (Å²) in [6, 6.07) is 10.5. The Balaban J connectivity index is 2.31. The predicted octanol–water partition coefficient (Wildman–Crippen LogP) is 2.98. The van der Waals surface area contributed by atoms with Crippen LogP contribution in [0, 0.1) is 11.8 Å². The fourth-order valence-electron chi connectivity index (χ4n) is 1.50. The number of aromatic nitrogens is 1. The second-order valence-corrected chi connectivity index (χ2v) is 3.99. The average molecular weight is 272 g/mol. The van der Waals surface area contributed by atoms with Crippen molar-refractivity contribution in [2.24, 2.45) is 0 Å². The molecule has 0 N–H and O–H groups in total. The largest absolute Gasteiger partial charge is 0.492 e. The van der Waals surface area contributed by atoms with E-state index in [0.29, 0.717) is 16.9 Å². The molecule has 0 unspecified atom stereocenters. The fourth-order valence-corrected chi connectivity index (χ4v) is 1.74. The predicted molar refractivity (Wildman–Crippen MR) is 73.4 cm³/mol. The average Bonchev–Trinajstić information content (AvgIpc) is 2.45. The van der Waals surface area contributed by atoms with Crippen molar-refractivity contribution < 1.29 is 9.53 Å². The lowest BCUT2D eigenvalue weighted by Crippen LogP contribution is -1.95. The van der Waals surface area contributed by atoms with E-state index < -0.39 is 0 Å². The zero-order valence-electron chi connectivity index (χ0n) is 10.2. The Morgan fingerprint density at radius 1 is 1.26 bits per heavy atom. The van der Waals surface area contributed by atoms with E-state index in [1.807, 2.05) is 6.07 Å². The van der Waals surface area contributed by atoms with Crippen LogP contribution in [0.2, 0.25) is 5.15 Å². The number of rotatable bonds is 2. The molecule has 1 heterocycles. The third-order valence-corrected chi connectivity index (χ3v) is 2.68. The maximum Gasteiger partial charge on any atom is 0.236 e. The minimum atomic E-state index is -0.254. The number of carbonyl (C=O) groups is 1. The number of methoxy groups -OCH3 is 1. The van der Waals surface area contributed by atoms with Crippen molar-refractivity contribution in [3.63, 3.8) is 0 Å². The molecule has 0 aliphatic rings. The third-order valence-electron chi connectivity index (χ3n) is 2.41. The van der Waals surface area contributed by atoms with E-state index in [-0.39, 0.29) is 10.9 Å². The van der Waals surface area contributed by atoms with E-state index in [2.05, 4.69) is 16.8 Å². The Morgan fingerprint density at radius 3 is 2.68 bits per heavy atom. The van der Waals surface area contributed by atoms with Gasteiger partial charge in [-0.3, -0.25) is 4.79 Å². The SMILES string of the molecule is COc1c(C#CC(=O)c2ccccc2)ccnc1Cl. The number of ether oxygens (including phenoxy) is 1. The smallest absolute Gasteiger partial charge is 0.236 e. The summed E-state index contributed by atoms with van der Waals surface area (Å²) in [7, 11) is 1.48. The van der Waals surface area contributed by atoms with E-state index in [0.717, 1.165) is 0 Å². The summed E-state index contributed by atoms with van der Waals surface area (Å²) in [6.45, 7) is 0. The molecule has 94 valence electrons. The number of hydrogen-bond donors (Lipinski definition) is 0. The van der Waals surface area contributed by atoms with Gasteiger partial charge in [0.1, 0.15) is 0 Å². The number of nitrogens with zero attached hydrogens (tertiary/aromatic N) is 1. The zero-order valence-corrected chi connectivity index (χ0v) is 10.9. The number of carbonyl (C=O) groups excluding carboxylic acids is 1. The summed E-state index contributed by atoms with van der Waals surface area (Å²) in [5.41, 5.74) is 1.08. The first-order valence-corrected chi connectivity index (χ1v) is 5.90. The third kappa shape index (κ3) is 3.12. The molecule has 0 atom stereocenters. The zero-order chi connectivity index (χ0) is 13.7. The lowest BCUT2D eigenvalue weighted by atomic mass is 10.1. The number of ketones is 1. The molecule has 1 aromatic heterocycles. The van der Waals surface area contributed by atoms with Gasteiger partial charge in [-0.15, -0.1) is 0 Å². The molecule has 1 aromatic carbocycles. The van der Waals surface area contributed by atoms with Crippen LogP contribution in [-0.2, 0) is 0 Å². The van der Waals surface area contributed by atoms with Gasteiger partial charge in [-0.1, -0.05) is 47.9 Å². The molecule has 2 rings (SSSR count). The highest BCUT2D eigenvalue weighted by Crippen LogP contribution is 2.24. The molecule has 0 aliphatic heterocycles. The van der Waals surface area contributed by atoms with Crippen molar-refractivity contribution in [3.05, 3.63) is 58.9 Å². The van der Waals surface area contributed by atoms with Gasteiger partial charge in [0.05, 0.1) is 12.7 Å². The summed E-state index contributed by atoms with van der Waals surface area (Å²) < 4.78 is 5.11. The molecule has 0 bridgehead atoms. The second kappa shape index (κ2) is 6.03. The topological polar surface area (TPSA) is 39.2 Å². The van der Waals surface area contributed by atoms with E-state index in [4.69, 9.17) is 16.3 Å². The van der Waals surface area contributed by atoms with Gasteiger partial charge >= 0.3 is 0 Å². The maximum absolute atomic E-state index is 11.8. The maximum atomic E-state index is 11.8. The normalized spacial score (nSPS) is 9.37. The summed E-state index contributed by atoms with van der Waals surface area (Å²) in [4.78, 5) is 15.7. The van der Waals surface area contributed by atoms with Crippen LogP contribution >= 0.6 is 11.6 Å². The summed E-state index contributed by atoms with van der Waals surface area (Å²) in [6.07, 6.45) is 1.52. The molecule has 0 aliphatic carbocycles. The van der Waals surface area contributed by atoms with E-state index in [1.165, 1.54) is 13.3 Å². The second-order valence-electron chi connectivity index (χ2n) is 3.63. The Morgan fingerprint density at radius 2 is 2.00 bits per heavy atom. The van der Waals surface area contributed by atoms with Crippen molar-refractivity contribution in [3.8, 4) is 17.6 Å². The number of pyridine rings is 1. The number of halogens is 1. The van der Waals surface area contributed by atoms with Gasteiger partial charge in [-0.2, -0.15) is 0 Å². The van der Waals surface area contributed by atoms with Crippen LogP contribution in [-0.4, -0.2) is 17.9 Å². The molecule has 0 radical (unpaired) electrons. The molecule has 0 spiro atoms. The van der Waals surface area contributed by atoms with Gasteiger partial charge < -0.3 is 4.74 Å². The molecule has 0 fully saturated rings. The van der Waals surface area contributed by atoms with Gasteiger partial charge in [-0.25, -0.2) is 4.98 Å². The Kier molecular flexibility index (Phi) is 4.17. The van der Waals surface area contributed by atoms with Crippen LogP contribution in [0.3, 0.4) is 0 Å². The van der Waals surface area contributed by atoms with Gasteiger partial charge in [0, 0.05) is 11.8 Å². The molecule has 0 saturated heterocycles. The Labute approximate surface area is 116 Å². The van der Waals surface area contributed by atoms with Crippen LogP contribution in [0.5, 0.6) is 5.75 Å². The first-order chi connectivity index (χ1) is 9.22. The van der Waals surface area contributed by atoms with Crippen LogP contribution in [0.4, 0.5) is 0 Å². The van der Waals surface area contributed by atoms with Gasteiger partial charge in [-0.05, 0) is 12.0 Å². The molecule has 0 amide bonds. The Hall–Kier alpha value is -2.31. The standard InChI is InChI=1S/C15H10ClNO2/c1-19-14-12(9-10-17-15(14)16)7-8-13(18)11-5-3-2-4-6-11/h2-6,9-10H,1H3. The molecule has 19 heavy (non-hydrogen) atoms. The van der Waals surface area contributed by atoms with Crippen molar-refractivity contribution in [1.29, 1.82) is 0 Å². The first kappa shape index (κ1) is 13.1. The number of benzene rings is 1. The molecule has 3 nitrogen and oxygen atoms in total. The first-order valence-electron chi connectivity index (χ1n) is 5.52. The minimum absolute atomic E-state index is 0.224. The van der Waals surface area contributed by atoms with Crippen LogP contribution < -0.4 is 4.74 Å². The highest BCUT2D eigenvalue weighted by atomic mass is 35.5. The Bertz CT molecular complexity index is 657. The summed E-state index contributed by atoms with van der Waals surface area (Å²) >= 11 is 5.87.